The first-order chi connectivity index (χ1) is 18.6. The summed E-state index contributed by atoms with van der Waals surface area (Å²) in [5, 5.41) is 12.2. The van der Waals surface area contributed by atoms with Crippen molar-refractivity contribution in [3.05, 3.63) is 105 Å². The smallest absolute Gasteiger partial charge is 0.289 e. The van der Waals surface area contributed by atoms with E-state index in [0.29, 0.717) is 19.5 Å². The van der Waals surface area contributed by atoms with Crippen LogP contribution < -0.4 is 0 Å². The number of sulfonamides is 1. The molecule has 0 saturated heterocycles. The maximum atomic E-state index is 13.7. The number of aromatic nitrogens is 1. The Morgan fingerprint density at radius 2 is 1.74 bits per heavy atom. The molecule has 0 aliphatic heterocycles. The van der Waals surface area contributed by atoms with Gasteiger partial charge in [0.05, 0.1) is 16.4 Å². The summed E-state index contributed by atoms with van der Waals surface area (Å²) in [5.41, 5.74) is 2.45. The van der Waals surface area contributed by atoms with E-state index in [1.165, 1.54) is 12.1 Å². The molecular weight excluding hydrogens is 540 g/mol. The van der Waals surface area contributed by atoms with Crippen LogP contribution in [0.3, 0.4) is 0 Å². The normalized spacial score (nSPS) is 11.8. The van der Waals surface area contributed by atoms with Crippen LogP contribution in [-0.2, 0) is 27.8 Å². The van der Waals surface area contributed by atoms with Crippen LogP contribution in [0, 0.1) is 10.1 Å². The molecule has 11 heteroatoms. The van der Waals surface area contributed by atoms with Crippen LogP contribution in [0.25, 0.3) is 10.9 Å². The number of nitrogens with zero attached hydrogens (tertiary/aromatic N) is 3. The second-order valence-corrected chi connectivity index (χ2v) is 11.7. The van der Waals surface area contributed by atoms with E-state index in [1.54, 1.807) is 18.7 Å². The highest BCUT2D eigenvalue weighted by Gasteiger charge is 2.32. The lowest BCUT2D eigenvalue weighted by molar-refractivity contribution is -0.384. The third-order valence-corrected chi connectivity index (χ3v) is 8.82. The molecule has 0 bridgehead atoms. The summed E-state index contributed by atoms with van der Waals surface area (Å²) in [5.74, 6) is -0.376. The summed E-state index contributed by atoms with van der Waals surface area (Å²) in [6.07, 6.45) is 2.49. The summed E-state index contributed by atoms with van der Waals surface area (Å²) in [6.45, 7) is 3.57. The van der Waals surface area contributed by atoms with Crippen molar-refractivity contribution < 1.29 is 18.1 Å². The highest BCUT2D eigenvalue weighted by molar-refractivity contribution is 7.89. The molecule has 1 heterocycles. The van der Waals surface area contributed by atoms with E-state index in [2.05, 4.69) is 4.98 Å². The molecule has 1 amide bonds. The maximum Gasteiger partial charge on any atom is 0.289 e. The average molecular weight is 569 g/mol. The second kappa shape index (κ2) is 12.0. The Kier molecular flexibility index (Phi) is 8.69. The number of hydrogen-bond acceptors (Lipinski definition) is 5. The van der Waals surface area contributed by atoms with Crippen LogP contribution in [0.1, 0.15) is 25.0 Å². The van der Waals surface area contributed by atoms with Crippen molar-refractivity contribution >= 4 is 44.1 Å². The first kappa shape index (κ1) is 28.3. The number of rotatable bonds is 11. The molecule has 0 aliphatic carbocycles. The molecule has 0 spiro atoms. The molecule has 0 unspecified atom stereocenters. The lowest BCUT2D eigenvalue weighted by Crippen LogP contribution is -2.46. The molecule has 39 heavy (non-hydrogen) atoms. The SMILES string of the molecule is CC(C)N(CC(=O)N(CCc1c[nH]c2ccccc12)Cc1ccccc1)S(=O)(=O)c1ccc(Cl)c([N+](=O)[O-])c1. The van der Waals surface area contributed by atoms with Gasteiger partial charge in [-0.05, 0) is 49.6 Å². The molecule has 0 fully saturated rings. The predicted octanol–water partition coefficient (Wildman–Crippen LogP) is 5.40. The predicted molar refractivity (Wildman–Crippen MR) is 151 cm³/mol. The largest absolute Gasteiger partial charge is 0.361 e. The van der Waals surface area contributed by atoms with Crippen molar-refractivity contribution in [2.45, 2.75) is 37.8 Å². The van der Waals surface area contributed by atoms with Gasteiger partial charge in [-0.15, -0.1) is 0 Å². The average Bonchev–Trinajstić information content (AvgIpc) is 3.32. The van der Waals surface area contributed by atoms with E-state index < -0.39 is 33.2 Å². The number of nitro benzene ring substituents is 1. The topological polar surface area (TPSA) is 117 Å². The summed E-state index contributed by atoms with van der Waals surface area (Å²) >= 11 is 5.89. The number of fused-ring (bicyclic) bond motifs is 1. The van der Waals surface area contributed by atoms with Gasteiger partial charge in [-0.2, -0.15) is 4.31 Å². The van der Waals surface area contributed by atoms with Gasteiger partial charge in [0.25, 0.3) is 5.69 Å². The molecule has 4 rings (SSSR count). The van der Waals surface area contributed by atoms with Crippen LogP contribution in [0.2, 0.25) is 5.02 Å². The number of nitrogens with one attached hydrogen (secondary N) is 1. The fourth-order valence-electron chi connectivity index (χ4n) is 4.40. The minimum Gasteiger partial charge on any atom is -0.361 e. The molecule has 1 N–H and O–H groups in total. The van der Waals surface area contributed by atoms with Crippen LogP contribution in [0.15, 0.2) is 83.9 Å². The molecule has 204 valence electrons. The van der Waals surface area contributed by atoms with Crippen molar-refractivity contribution in [1.82, 2.24) is 14.2 Å². The lowest BCUT2D eigenvalue weighted by Gasteiger charge is -2.29. The molecule has 0 saturated carbocycles. The van der Waals surface area contributed by atoms with E-state index in [1.807, 2.05) is 60.8 Å². The number of amides is 1. The number of H-pyrrole nitrogens is 1. The van der Waals surface area contributed by atoms with Crippen molar-refractivity contribution in [3.8, 4) is 0 Å². The second-order valence-electron chi connectivity index (χ2n) is 9.42. The Morgan fingerprint density at radius 3 is 2.44 bits per heavy atom. The maximum absolute atomic E-state index is 13.7. The van der Waals surface area contributed by atoms with Gasteiger partial charge in [0.2, 0.25) is 15.9 Å². The van der Waals surface area contributed by atoms with Gasteiger partial charge >= 0.3 is 0 Å². The summed E-state index contributed by atoms with van der Waals surface area (Å²) < 4.78 is 28.2. The first-order valence-electron chi connectivity index (χ1n) is 12.4. The molecule has 3 aromatic carbocycles. The monoisotopic (exact) mass is 568 g/mol. The van der Waals surface area contributed by atoms with Crippen LogP contribution in [0.5, 0.6) is 0 Å². The Labute approximate surface area is 232 Å². The van der Waals surface area contributed by atoms with Gasteiger partial charge in [0, 0.05) is 42.3 Å². The van der Waals surface area contributed by atoms with Gasteiger partial charge in [-0.1, -0.05) is 60.1 Å². The van der Waals surface area contributed by atoms with E-state index in [0.717, 1.165) is 32.4 Å². The molecule has 9 nitrogen and oxygen atoms in total. The minimum atomic E-state index is -4.24. The van der Waals surface area contributed by atoms with Crippen LogP contribution in [0.4, 0.5) is 5.69 Å². The van der Waals surface area contributed by atoms with Crippen LogP contribution in [-0.4, -0.2) is 52.6 Å². The zero-order chi connectivity index (χ0) is 28.2. The zero-order valence-corrected chi connectivity index (χ0v) is 23.2. The Bertz CT molecular complexity index is 1590. The Hall–Kier alpha value is -3.73. The number of halogens is 1. The van der Waals surface area contributed by atoms with Crippen molar-refractivity contribution in [2.24, 2.45) is 0 Å². The lowest BCUT2D eigenvalue weighted by atomic mass is 10.1. The number of nitro groups is 1. The fourth-order valence-corrected chi connectivity index (χ4v) is 6.19. The van der Waals surface area contributed by atoms with E-state index in [-0.39, 0.29) is 15.8 Å². The quantitative estimate of drug-likeness (QED) is 0.192. The molecule has 4 aromatic rings. The number of carbonyl (C=O) groups is 1. The van der Waals surface area contributed by atoms with Crippen molar-refractivity contribution in [1.29, 1.82) is 0 Å². The first-order valence-corrected chi connectivity index (χ1v) is 14.2. The third-order valence-electron chi connectivity index (χ3n) is 6.48. The number of carbonyl (C=O) groups excluding carboxylic acids is 1. The number of hydrogen-bond donors (Lipinski definition) is 1. The molecule has 0 radical (unpaired) electrons. The van der Waals surface area contributed by atoms with Gasteiger partial charge in [0.15, 0.2) is 0 Å². The van der Waals surface area contributed by atoms with Crippen LogP contribution >= 0.6 is 11.6 Å². The summed E-state index contributed by atoms with van der Waals surface area (Å²) in [6, 6.07) is 20.1. The zero-order valence-electron chi connectivity index (χ0n) is 21.6. The van der Waals surface area contributed by atoms with Gasteiger partial charge < -0.3 is 9.88 Å². The van der Waals surface area contributed by atoms with Crippen molar-refractivity contribution in [2.75, 3.05) is 13.1 Å². The Balaban J connectivity index is 1.60. The van der Waals surface area contributed by atoms with Crippen molar-refractivity contribution in [3.63, 3.8) is 0 Å². The van der Waals surface area contributed by atoms with E-state index >= 15 is 0 Å². The Morgan fingerprint density at radius 1 is 1.05 bits per heavy atom. The van der Waals surface area contributed by atoms with Gasteiger partial charge in [-0.25, -0.2) is 8.42 Å². The van der Waals surface area contributed by atoms with Gasteiger partial charge in [-0.3, -0.25) is 14.9 Å². The third kappa shape index (κ3) is 6.47. The van der Waals surface area contributed by atoms with Gasteiger partial charge in [0.1, 0.15) is 5.02 Å². The fraction of sp³-hybridized carbons (Fsp3) is 0.250. The minimum absolute atomic E-state index is 0.169. The standard InChI is InChI=1S/C28H29ClN4O5S/c1-20(2)32(39(37,38)23-12-13-25(29)27(16-23)33(35)36)19-28(34)31(18-21-8-4-3-5-9-21)15-14-22-17-30-26-11-7-6-10-24(22)26/h3-13,16-17,20,30H,14-15,18-19H2,1-2H3. The molecular formula is C28H29ClN4O5S. The molecule has 0 atom stereocenters. The number of benzene rings is 3. The molecule has 1 aromatic heterocycles. The number of para-hydroxylation sites is 1. The van der Waals surface area contributed by atoms with E-state index in [4.69, 9.17) is 11.6 Å². The highest BCUT2D eigenvalue weighted by Crippen LogP contribution is 2.29. The summed E-state index contributed by atoms with van der Waals surface area (Å²) in [4.78, 5) is 28.9. The summed E-state index contributed by atoms with van der Waals surface area (Å²) in [7, 11) is -4.24. The number of aromatic amines is 1. The van der Waals surface area contributed by atoms with E-state index in [9.17, 15) is 23.3 Å². The molecule has 0 aliphatic rings. The highest BCUT2D eigenvalue weighted by atomic mass is 35.5.